The summed E-state index contributed by atoms with van der Waals surface area (Å²) >= 11 is 5.61. The second-order valence-electron chi connectivity index (χ2n) is 3.43. The van der Waals surface area contributed by atoms with Crippen LogP contribution in [0.1, 0.15) is 22.8 Å². The molecule has 5 heteroatoms. The third-order valence-electron chi connectivity index (χ3n) is 2.15. The predicted octanol–water partition coefficient (Wildman–Crippen LogP) is 2.10. The van der Waals surface area contributed by atoms with Gasteiger partial charge in [0.1, 0.15) is 5.38 Å². The second-order valence-corrected chi connectivity index (χ2v) is 3.95. The number of halogens is 1. The van der Waals surface area contributed by atoms with Crippen molar-refractivity contribution in [3.8, 4) is 0 Å². The van der Waals surface area contributed by atoms with Crippen LogP contribution in [0.2, 0.25) is 0 Å². The quantitative estimate of drug-likeness (QED) is 0.647. The molecule has 0 aliphatic heterocycles. The molecule has 0 aliphatic rings. The molecule has 0 saturated heterocycles. The van der Waals surface area contributed by atoms with Crippen LogP contribution in [0.15, 0.2) is 24.3 Å². The van der Waals surface area contributed by atoms with Crippen LogP contribution in [-0.2, 0) is 16.0 Å². The highest BCUT2D eigenvalue weighted by Gasteiger charge is 2.14. The van der Waals surface area contributed by atoms with Gasteiger partial charge in [0.2, 0.25) is 0 Å². The van der Waals surface area contributed by atoms with Crippen LogP contribution >= 0.6 is 11.6 Å². The van der Waals surface area contributed by atoms with E-state index in [4.69, 9.17) is 21.4 Å². The Labute approximate surface area is 104 Å². The average Bonchev–Trinajstić information content (AvgIpc) is 2.30. The highest BCUT2D eigenvalue weighted by molar-refractivity contribution is 6.29. The van der Waals surface area contributed by atoms with E-state index < -0.39 is 11.3 Å². The average molecular weight is 257 g/mol. The van der Waals surface area contributed by atoms with Crippen LogP contribution in [0.5, 0.6) is 0 Å². The maximum Gasteiger partial charge on any atom is 0.338 e. The fourth-order valence-corrected chi connectivity index (χ4v) is 1.46. The standard InChI is InChI=1S/C12H13ClO4/c1-2-17-12(16)9-5-3-8(4-6-9)7-10(13)11(14)15/h3-6,10H,2,7H2,1H3,(H,14,15). The molecule has 1 rings (SSSR count). The van der Waals surface area contributed by atoms with Gasteiger partial charge in [0.05, 0.1) is 12.2 Å². The summed E-state index contributed by atoms with van der Waals surface area (Å²) in [6, 6.07) is 6.53. The lowest BCUT2D eigenvalue weighted by Crippen LogP contribution is -2.16. The summed E-state index contributed by atoms with van der Waals surface area (Å²) in [6.07, 6.45) is 0.222. The Morgan fingerprint density at radius 2 is 1.94 bits per heavy atom. The first-order valence-corrected chi connectivity index (χ1v) is 5.61. The van der Waals surface area contributed by atoms with Gasteiger partial charge in [0.15, 0.2) is 0 Å². The number of esters is 1. The molecular formula is C12H13ClO4. The molecule has 1 unspecified atom stereocenters. The van der Waals surface area contributed by atoms with E-state index in [0.717, 1.165) is 5.56 Å². The zero-order valence-corrected chi connectivity index (χ0v) is 10.1. The van der Waals surface area contributed by atoms with Crippen molar-refractivity contribution < 1.29 is 19.4 Å². The first-order chi connectivity index (χ1) is 8.04. The first kappa shape index (κ1) is 13.5. The van der Waals surface area contributed by atoms with Gasteiger partial charge in [-0.2, -0.15) is 0 Å². The lowest BCUT2D eigenvalue weighted by Gasteiger charge is -2.05. The largest absolute Gasteiger partial charge is 0.480 e. The number of carboxylic acids is 1. The molecule has 92 valence electrons. The number of hydrogen-bond acceptors (Lipinski definition) is 3. The molecule has 0 radical (unpaired) electrons. The van der Waals surface area contributed by atoms with Crippen molar-refractivity contribution in [3.05, 3.63) is 35.4 Å². The molecular weight excluding hydrogens is 244 g/mol. The fraction of sp³-hybridized carbons (Fsp3) is 0.333. The lowest BCUT2D eigenvalue weighted by atomic mass is 10.1. The van der Waals surface area contributed by atoms with Gasteiger partial charge in [0.25, 0.3) is 0 Å². The number of carboxylic acid groups (broad SMARTS) is 1. The number of alkyl halides is 1. The Morgan fingerprint density at radius 1 is 1.35 bits per heavy atom. The number of rotatable bonds is 5. The van der Waals surface area contributed by atoms with Gasteiger partial charge >= 0.3 is 11.9 Å². The predicted molar refractivity (Wildman–Crippen MR) is 63.4 cm³/mol. The summed E-state index contributed by atoms with van der Waals surface area (Å²) in [5, 5.41) is 7.69. The van der Waals surface area contributed by atoms with Crippen LogP contribution in [-0.4, -0.2) is 29.0 Å². The molecule has 4 nitrogen and oxygen atoms in total. The van der Waals surface area contributed by atoms with Crippen molar-refractivity contribution in [1.29, 1.82) is 0 Å². The second kappa shape index (κ2) is 6.25. The van der Waals surface area contributed by atoms with E-state index in [0.29, 0.717) is 12.2 Å². The third-order valence-corrected chi connectivity index (χ3v) is 2.49. The third kappa shape index (κ3) is 4.07. The van der Waals surface area contributed by atoms with Crippen molar-refractivity contribution in [3.63, 3.8) is 0 Å². The van der Waals surface area contributed by atoms with Gasteiger partial charge in [-0.1, -0.05) is 12.1 Å². The Kier molecular flexibility index (Phi) is 4.97. The zero-order chi connectivity index (χ0) is 12.8. The van der Waals surface area contributed by atoms with E-state index in [1.807, 2.05) is 0 Å². The molecule has 0 aromatic heterocycles. The van der Waals surface area contributed by atoms with E-state index in [1.54, 1.807) is 31.2 Å². The molecule has 0 fully saturated rings. The van der Waals surface area contributed by atoms with Gasteiger partial charge in [-0.05, 0) is 31.0 Å². The van der Waals surface area contributed by atoms with E-state index in [2.05, 4.69) is 0 Å². The molecule has 0 aliphatic carbocycles. The Bertz CT molecular complexity index is 399. The zero-order valence-electron chi connectivity index (χ0n) is 9.35. The van der Waals surface area contributed by atoms with Gasteiger partial charge in [-0.25, -0.2) is 4.79 Å². The molecule has 17 heavy (non-hydrogen) atoms. The molecule has 1 aromatic carbocycles. The molecule has 0 heterocycles. The number of carbonyl (C=O) groups excluding carboxylic acids is 1. The fourth-order valence-electron chi connectivity index (χ4n) is 1.29. The van der Waals surface area contributed by atoms with Crippen molar-refractivity contribution in [1.82, 2.24) is 0 Å². The van der Waals surface area contributed by atoms with E-state index in [1.165, 1.54) is 0 Å². The minimum atomic E-state index is -1.05. The molecule has 1 aromatic rings. The molecule has 0 saturated carbocycles. The summed E-state index contributed by atoms with van der Waals surface area (Å²) in [7, 11) is 0. The van der Waals surface area contributed by atoms with Gasteiger partial charge < -0.3 is 9.84 Å². The van der Waals surface area contributed by atoms with Crippen LogP contribution in [0, 0.1) is 0 Å². The summed E-state index contributed by atoms with van der Waals surface area (Å²) in [5.74, 6) is -1.44. The van der Waals surface area contributed by atoms with E-state index in [9.17, 15) is 9.59 Å². The van der Waals surface area contributed by atoms with Crippen molar-refractivity contribution >= 4 is 23.5 Å². The topological polar surface area (TPSA) is 63.6 Å². The molecule has 0 amide bonds. The first-order valence-electron chi connectivity index (χ1n) is 5.17. The highest BCUT2D eigenvalue weighted by atomic mass is 35.5. The molecule has 1 atom stereocenters. The Balaban J connectivity index is 2.68. The monoisotopic (exact) mass is 256 g/mol. The summed E-state index contributed by atoms with van der Waals surface area (Å²) in [4.78, 5) is 21.9. The van der Waals surface area contributed by atoms with Crippen molar-refractivity contribution in [2.24, 2.45) is 0 Å². The van der Waals surface area contributed by atoms with Gasteiger partial charge in [-0.3, -0.25) is 4.79 Å². The van der Waals surface area contributed by atoms with Crippen LogP contribution in [0.4, 0.5) is 0 Å². The van der Waals surface area contributed by atoms with Crippen molar-refractivity contribution in [2.75, 3.05) is 6.61 Å². The Morgan fingerprint density at radius 3 is 2.41 bits per heavy atom. The smallest absolute Gasteiger partial charge is 0.338 e. The number of ether oxygens (including phenoxy) is 1. The molecule has 0 spiro atoms. The van der Waals surface area contributed by atoms with E-state index in [-0.39, 0.29) is 12.4 Å². The van der Waals surface area contributed by atoms with Crippen LogP contribution in [0.25, 0.3) is 0 Å². The number of hydrogen-bond donors (Lipinski definition) is 1. The summed E-state index contributed by atoms with van der Waals surface area (Å²) in [5.41, 5.74) is 1.21. The minimum Gasteiger partial charge on any atom is -0.480 e. The summed E-state index contributed by atoms with van der Waals surface area (Å²) in [6.45, 7) is 2.06. The van der Waals surface area contributed by atoms with Gasteiger partial charge in [-0.15, -0.1) is 11.6 Å². The molecule has 0 bridgehead atoms. The van der Waals surface area contributed by atoms with Crippen LogP contribution in [0.3, 0.4) is 0 Å². The molecule has 1 N–H and O–H groups in total. The lowest BCUT2D eigenvalue weighted by molar-refractivity contribution is -0.136. The van der Waals surface area contributed by atoms with E-state index >= 15 is 0 Å². The van der Waals surface area contributed by atoms with Crippen LogP contribution < -0.4 is 0 Å². The minimum absolute atomic E-state index is 0.222. The number of aliphatic carboxylic acids is 1. The maximum atomic E-state index is 11.3. The SMILES string of the molecule is CCOC(=O)c1ccc(CC(Cl)C(=O)O)cc1. The highest BCUT2D eigenvalue weighted by Crippen LogP contribution is 2.11. The normalized spacial score (nSPS) is 11.9. The maximum absolute atomic E-state index is 11.3. The number of carbonyl (C=O) groups is 2. The Hall–Kier alpha value is -1.55. The van der Waals surface area contributed by atoms with Gasteiger partial charge in [0, 0.05) is 0 Å². The number of benzene rings is 1. The van der Waals surface area contributed by atoms with Crippen molar-refractivity contribution in [2.45, 2.75) is 18.7 Å². The summed E-state index contributed by atoms with van der Waals surface area (Å²) < 4.78 is 4.83.